The lowest BCUT2D eigenvalue weighted by Crippen LogP contribution is -2.18. The van der Waals surface area contributed by atoms with Gasteiger partial charge in [0, 0.05) is 16.7 Å². The van der Waals surface area contributed by atoms with Gasteiger partial charge in [-0.25, -0.2) is 4.98 Å². The van der Waals surface area contributed by atoms with Crippen LogP contribution in [0.3, 0.4) is 0 Å². The summed E-state index contributed by atoms with van der Waals surface area (Å²) in [7, 11) is 1.62. The molecule has 3 aromatic rings. The second-order valence-electron chi connectivity index (χ2n) is 6.11. The standard InChI is InChI=1S/C21H21N3O3S2/c1-27-16-7-5-6-14(10-16)13-29-21-22-15(12-20(26)24-21)11-19(25)23-17-8-3-4-9-18(17)28-2/h3-10,12H,11,13H2,1-2H3,(H,23,25)(H,22,24,26). The van der Waals surface area contributed by atoms with E-state index >= 15 is 0 Å². The van der Waals surface area contributed by atoms with Crippen molar-refractivity contribution >= 4 is 35.1 Å². The van der Waals surface area contributed by atoms with Crippen LogP contribution < -0.4 is 15.6 Å². The maximum absolute atomic E-state index is 12.4. The Kier molecular flexibility index (Phi) is 7.37. The number of carbonyl (C=O) groups excluding carboxylic acids is 1. The molecule has 1 aromatic heterocycles. The summed E-state index contributed by atoms with van der Waals surface area (Å²) in [5.74, 6) is 1.19. The predicted molar refractivity (Wildman–Crippen MR) is 118 cm³/mol. The summed E-state index contributed by atoms with van der Waals surface area (Å²) in [5, 5.41) is 3.37. The van der Waals surface area contributed by atoms with Gasteiger partial charge >= 0.3 is 0 Å². The van der Waals surface area contributed by atoms with Crippen molar-refractivity contribution in [2.75, 3.05) is 18.7 Å². The van der Waals surface area contributed by atoms with E-state index in [1.165, 1.54) is 17.8 Å². The number of methoxy groups -OCH3 is 1. The molecular weight excluding hydrogens is 406 g/mol. The van der Waals surface area contributed by atoms with Gasteiger partial charge < -0.3 is 15.0 Å². The van der Waals surface area contributed by atoms with Crippen LogP contribution in [0.15, 0.2) is 69.4 Å². The van der Waals surface area contributed by atoms with Gasteiger partial charge in [0.15, 0.2) is 5.16 Å². The number of ether oxygens (including phenoxy) is 1. The van der Waals surface area contributed by atoms with Crippen molar-refractivity contribution in [1.29, 1.82) is 0 Å². The van der Waals surface area contributed by atoms with Gasteiger partial charge in [-0.1, -0.05) is 36.0 Å². The Balaban J connectivity index is 1.66. The number of thioether (sulfide) groups is 2. The topological polar surface area (TPSA) is 84.1 Å². The molecule has 0 aliphatic carbocycles. The maximum atomic E-state index is 12.4. The van der Waals surface area contributed by atoms with E-state index in [9.17, 15) is 9.59 Å². The van der Waals surface area contributed by atoms with Gasteiger partial charge in [-0.15, -0.1) is 11.8 Å². The molecule has 3 rings (SSSR count). The quantitative estimate of drug-likeness (QED) is 0.418. The molecule has 0 aliphatic heterocycles. The number of amides is 1. The largest absolute Gasteiger partial charge is 0.497 e. The van der Waals surface area contributed by atoms with Crippen LogP contribution in [0.4, 0.5) is 5.69 Å². The number of hydrogen-bond acceptors (Lipinski definition) is 6. The van der Waals surface area contributed by atoms with Crippen LogP contribution in [0.1, 0.15) is 11.3 Å². The fourth-order valence-electron chi connectivity index (χ4n) is 2.66. The van der Waals surface area contributed by atoms with Crippen molar-refractivity contribution in [3.05, 3.63) is 76.2 Å². The van der Waals surface area contributed by atoms with E-state index in [1.54, 1.807) is 18.9 Å². The fourth-order valence-corrected chi connectivity index (χ4v) is 4.05. The van der Waals surface area contributed by atoms with Crippen LogP contribution >= 0.6 is 23.5 Å². The van der Waals surface area contributed by atoms with E-state index in [4.69, 9.17) is 4.74 Å². The lowest BCUT2D eigenvalue weighted by Gasteiger charge is -2.09. The minimum absolute atomic E-state index is 0.0271. The number of anilines is 1. The average molecular weight is 428 g/mol. The zero-order chi connectivity index (χ0) is 20.6. The number of benzene rings is 2. The molecule has 0 spiro atoms. The van der Waals surface area contributed by atoms with Crippen molar-refractivity contribution in [2.24, 2.45) is 0 Å². The van der Waals surface area contributed by atoms with Gasteiger partial charge in [-0.3, -0.25) is 9.59 Å². The molecule has 2 aromatic carbocycles. The number of nitrogens with one attached hydrogen (secondary N) is 2. The number of carbonyl (C=O) groups is 1. The van der Waals surface area contributed by atoms with E-state index in [1.807, 2.05) is 54.8 Å². The molecular formula is C21H21N3O3S2. The molecule has 0 atom stereocenters. The third kappa shape index (κ3) is 6.13. The number of H-pyrrole nitrogens is 1. The van der Waals surface area contributed by atoms with Crippen molar-refractivity contribution in [1.82, 2.24) is 9.97 Å². The third-order valence-corrected chi connectivity index (χ3v) is 5.75. The summed E-state index contributed by atoms with van der Waals surface area (Å²) < 4.78 is 5.23. The lowest BCUT2D eigenvalue weighted by molar-refractivity contribution is -0.115. The molecule has 1 amide bonds. The summed E-state index contributed by atoms with van der Waals surface area (Å²) in [6.45, 7) is 0. The molecule has 0 bridgehead atoms. The normalized spacial score (nSPS) is 10.6. The Morgan fingerprint density at radius 3 is 2.79 bits per heavy atom. The van der Waals surface area contributed by atoms with E-state index in [0.717, 1.165) is 21.9 Å². The lowest BCUT2D eigenvalue weighted by atomic mass is 10.2. The zero-order valence-electron chi connectivity index (χ0n) is 16.1. The molecule has 0 fully saturated rings. The van der Waals surface area contributed by atoms with Crippen LogP contribution in [-0.2, 0) is 17.0 Å². The molecule has 0 aliphatic rings. The highest BCUT2D eigenvalue weighted by atomic mass is 32.2. The number of aromatic nitrogens is 2. The van der Waals surface area contributed by atoms with Gasteiger partial charge in [0.25, 0.3) is 5.56 Å². The molecule has 0 saturated carbocycles. The van der Waals surface area contributed by atoms with Crippen LogP contribution in [0.5, 0.6) is 5.75 Å². The first-order chi connectivity index (χ1) is 14.1. The number of nitrogens with zero attached hydrogens (tertiary/aromatic N) is 1. The number of hydrogen-bond donors (Lipinski definition) is 2. The molecule has 29 heavy (non-hydrogen) atoms. The number of aromatic amines is 1. The van der Waals surface area contributed by atoms with Gasteiger partial charge in [-0.2, -0.15) is 0 Å². The first-order valence-electron chi connectivity index (χ1n) is 8.86. The second kappa shape index (κ2) is 10.2. The Labute approximate surface area is 177 Å². The molecule has 8 heteroatoms. The molecule has 0 saturated heterocycles. The van der Waals surface area contributed by atoms with Gasteiger partial charge in [-0.05, 0) is 36.1 Å². The monoisotopic (exact) mass is 427 g/mol. The van der Waals surface area contributed by atoms with Gasteiger partial charge in [0.05, 0.1) is 24.9 Å². The Morgan fingerprint density at radius 2 is 2.00 bits per heavy atom. The summed E-state index contributed by atoms with van der Waals surface area (Å²) in [4.78, 5) is 32.6. The first kappa shape index (κ1) is 21.0. The smallest absolute Gasteiger partial charge is 0.251 e. The third-order valence-electron chi connectivity index (χ3n) is 4.01. The van der Waals surface area contributed by atoms with Crippen LogP contribution in [-0.4, -0.2) is 29.2 Å². The highest BCUT2D eigenvalue weighted by molar-refractivity contribution is 7.98. The number of para-hydroxylation sites is 1. The second-order valence-corrected chi connectivity index (χ2v) is 7.92. The Hall–Kier alpha value is -2.71. The molecule has 0 radical (unpaired) electrons. The Morgan fingerprint density at radius 1 is 1.17 bits per heavy atom. The summed E-state index contributed by atoms with van der Waals surface area (Å²) in [6, 6.07) is 16.7. The predicted octanol–water partition coefficient (Wildman–Crippen LogP) is 3.97. The van der Waals surface area contributed by atoms with E-state index in [-0.39, 0.29) is 17.9 Å². The SMILES string of the molecule is COc1cccc(CSc2nc(CC(=O)Nc3ccccc3SC)cc(=O)[nH]2)c1. The van der Waals surface area contributed by atoms with Crippen LogP contribution in [0.25, 0.3) is 0 Å². The highest BCUT2D eigenvalue weighted by Crippen LogP contribution is 2.25. The number of rotatable bonds is 8. The minimum atomic E-state index is -0.277. The summed E-state index contributed by atoms with van der Waals surface area (Å²) in [6.07, 6.45) is 1.98. The Bertz CT molecular complexity index is 1050. The van der Waals surface area contributed by atoms with Crippen LogP contribution in [0, 0.1) is 0 Å². The highest BCUT2D eigenvalue weighted by Gasteiger charge is 2.10. The maximum Gasteiger partial charge on any atom is 0.251 e. The van der Waals surface area contributed by atoms with Crippen molar-refractivity contribution in [2.45, 2.75) is 22.2 Å². The minimum Gasteiger partial charge on any atom is -0.497 e. The first-order valence-corrected chi connectivity index (χ1v) is 11.1. The van der Waals surface area contributed by atoms with Crippen molar-refractivity contribution in [3.8, 4) is 5.75 Å². The van der Waals surface area contributed by atoms with Crippen molar-refractivity contribution in [3.63, 3.8) is 0 Å². The van der Waals surface area contributed by atoms with Crippen LogP contribution in [0.2, 0.25) is 0 Å². The van der Waals surface area contributed by atoms with E-state index in [2.05, 4.69) is 15.3 Å². The molecule has 150 valence electrons. The molecule has 2 N–H and O–H groups in total. The molecule has 6 nitrogen and oxygen atoms in total. The van der Waals surface area contributed by atoms with Crippen molar-refractivity contribution < 1.29 is 9.53 Å². The molecule has 0 unspecified atom stereocenters. The molecule has 1 heterocycles. The van der Waals surface area contributed by atoms with Gasteiger partial charge in [0.1, 0.15) is 5.75 Å². The van der Waals surface area contributed by atoms with Gasteiger partial charge in [0.2, 0.25) is 5.91 Å². The fraction of sp³-hybridized carbons (Fsp3) is 0.190. The summed E-state index contributed by atoms with van der Waals surface area (Å²) >= 11 is 2.96. The zero-order valence-corrected chi connectivity index (χ0v) is 17.7. The van der Waals surface area contributed by atoms with E-state index in [0.29, 0.717) is 16.6 Å². The summed E-state index contributed by atoms with van der Waals surface area (Å²) in [5.41, 5.74) is 1.96. The van der Waals surface area contributed by atoms with E-state index < -0.39 is 0 Å². The average Bonchev–Trinajstić information content (AvgIpc) is 2.72.